The fourth-order valence-corrected chi connectivity index (χ4v) is 2.73. The van der Waals surface area contributed by atoms with Crippen molar-refractivity contribution >= 4 is 5.96 Å². The molecule has 0 atom stereocenters. The summed E-state index contributed by atoms with van der Waals surface area (Å²) in [5.41, 5.74) is 0. The van der Waals surface area contributed by atoms with Crippen LogP contribution in [-0.4, -0.2) is 18.5 Å². The summed E-state index contributed by atoms with van der Waals surface area (Å²) in [6, 6.07) is 8.27. The van der Waals surface area contributed by atoms with Crippen LogP contribution in [0.5, 0.6) is 0 Å². The molecule has 0 saturated heterocycles. The Balaban J connectivity index is 1.53. The van der Waals surface area contributed by atoms with Crippen molar-refractivity contribution in [3.05, 3.63) is 48.3 Å². The van der Waals surface area contributed by atoms with Crippen molar-refractivity contribution < 1.29 is 8.83 Å². The van der Waals surface area contributed by atoms with Gasteiger partial charge >= 0.3 is 0 Å². The van der Waals surface area contributed by atoms with E-state index >= 15 is 0 Å². The average Bonchev–Trinajstić information content (AvgIpc) is 3.28. The average molecular weight is 301 g/mol. The normalized spacial score (nSPS) is 16.1. The van der Waals surface area contributed by atoms with E-state index in [1.807, 2.05) is 24.3 Å². The van der Waals surface area contributed by atoms with Gasteiger partial charge in [0.15, 0.2) is 5.96 Å². The number of hydrogen-bond acceptors (Lipinski definition) is 3. The van der Waals surface area contributed by atoms with E-state index in [-0.39, 0.29) is 0 Å². The van der Waals surface area contributed by atoms with Gasteiger partial charge in [0.05, 0.1) is 12.5 Å². The second-order valence-corrected chi connectivity index (χ2v) is 5.63. The number of aliphatic imine (C=N–C) groups is 1. The molecule has 2 heterocycles. The summed E-state index contributed by atoms with van der Waals surface area (Å²) in [4.78, 5) is 4.62. The van der Waals surface area contributed by atoms with E-state index in [1.165, 1.54) is 25.7 Å². The number of guanidine groups is 1. The summed E-state index contributed by atoms with van der Waals surface area (Å²) in [5.74, 6) is 2.71. The molecule has 0 aromatic carbocycles. The van der Waals surface area contributed by atoms with Gasteiger partial charge in [-0.3, -0.25) is 0 Å². The van der Waals surface area contributed by atoms with Gasteiger partial charge in [-0.25, -0.2) is 4.99 Å². The molecule has 2 aromatic rings. The maximum atomic E-state index is 5.35. The van der Waals surface area contributed by atoms with E-state index < -0.39 is 0 Å². The van der Waals surface area contributed by atoms with Gasteiger partial charge in [-0.2, -0.15) is 0 Å². The number of nitrogens with zero attached hydrogens (tertiary/aromatic N) is 1. The minimum atomic E-state index is 0.534. The van der Waals surface area contributed by atoms with Crippen molar-refractivity contribution in [2.75, 3.05) is 6.54 Å². The minimum absolute atomic E-state index is 0.534. The molecule has 2 aromatic heterocycles. The Morgan fingerprint density at radius 1 is 1.09 bits per heavy atom. The molecule has 22 heavy (non-hydrogen) atoms. The molecule has 2 N–H and O–H groups in total. The maximum absolute atomic E-state index is 5.35. The Kier molecular flexibility index (Phi) is 5.18. The summed E-state index contributed by atoms with van der Waals surface area (Å²) in [6.07, 6.45) is 9.28. The molecule has 3 rings (SSSR count). The Labute approximate surface area is 130 Å². The van der Waals surface area contributed by atoms with Crippen LogP contribution in [0.2, 0.25) is 0 Å². The number of rotatable bonds is 6. The van der Waals surface area contributed by atoms with Crippen LogP contribution in [0.3, 0.4) is 0 Å². The zero-order valence-corrected chi connectivity index (χ0v) is 12.8. The van der Waals surface area contributed by atoms with Crippen molar-refractivity contribution in [2.24, 2.45) is 4.99 Å². The van der Waals surface area contributed by atoms with Gasteiger partial charge < -0.3 is 19.5 Å². The van der Waals surface area contributed by atoms with Crippen LogP contribution in [0.1, 0.15) is 37.2 Å². The van der Waals surface area contributed by atoms with Crippen LogP contribution in [0.4, 0.5) is 0 Å². The predicted molar refractivity (Wildman–Crippen MR) is 85.7 cm³/mol. The zero-order valence-electron chi connectivity index (χ0n) is 12.8. The third kappa shape index (κ3) is 4.41. The first-order valence-corrected chi connectivity index (χ1v) is 8.00. The second-order valence-electron chi connectivity index (χ2n) is 5.63. The van der Waals surface area contributed by atoms with Gasteiger partial charge in [0, 0.05) is 19.0 Å². The quantitative estimate of drug-likeness (QED) is 0.636. The molecule has 1 aliphatic carbocycles. The van der Waals surface area contributed by atoms with Crippen LogP contribution in [0.25, 0.3) is 0 Å². The lowest BCUT2D eigenvalue weighted by molar-refractivity contribution is 0.503. The maximum Gasteiger partial charge on any atom is 0.191 e. The Morgan fingerprint density at radius 2 is 1.82 bits per heavy atom. The SMILES string of the molecule is c1coc(CCNC(=NCc2ccco2)NC2CCCC2)c1. The molecule has 0 aliphatic heterocycles. The van der Waals surface area contributed by atoms with Crippen LogP contribution in [0, 0.1) is 0 Å². The predicted octanol–water partition coefficient (Wildman–Crippen LogP) is 3.09. The van der Waals surface area contributed by atoms with Gasteiger partial charge in [-0.05, 0) is 37.1 Å². The van der Waals surface area contributed by atoms with E-state index in [9.17, 15) is 0 Å². The summed E-state index contributed by atoms with van der Waals surface area (Å²) in [7, 11) is 0. The monoisotopic (exact) mass is 301 g/mol. The van der Waals surface area contributed by atoms with Gasteiger partial charge in [0.2, 0.25) is 0 Å². The zero-order chi connectivity index (χ0) is 15.0. The number of furan rings is 2. The first-order valence-electron chi connectivity index (χ1n) is 8.00. The first kappa shape index (κ1) is 14.8. The highest BCUT2D eigenvalue weighted by Crippen LogP contribution is 2.17. The molecule has 0 unspecified atom stereocenters. The minimum Gasteiger partial charge on any atom is -0.469 e. The highest BCUT2D eigenvalue weighted by atomic mass is 16.3. The van der Waals surface area contributed by atoms with Crippen LogP contribution >= 0.6 is 0 Å². The third-order valence-corrected chi connectivity index (χ3v) is 3.91. The summed E-state index contributed by atoms with van der Waals surface area (Å²) < 4.78 is 10.7. The highest BCUT2D eigenvalue weighted by Gasteiger charge is 2.16. The summed E-state index contributed by atoms with van der Waals surface area (Å²) in [6.45, 7) is 1.35. The van der Waals surface area contributed by atoms with Gasteiger partial charge in [0.1, 0.15) is 18.1 Å². The third-order valence-electron chi connectivity index (χ3n) is 3.91. The number of hydrogen-bond donors (Lipinski definition) is 2. The Morgan fingerprint density at radius 3 is 2.50 bits per heavy atom. The van der Waals surface area contributed by atoms with Gasteiger partial charge in [-0.1, -0.05) is 12.8 Å². The van der Waals surface area contributed by atoms with Crippen molar-refractivity contribution in [3.63, 3.8) is 0 Å². The second kappa shape index (κ2) is 7.73. The van der Waals surface area contributed by atoms with Crippen molar-refractivity contribution in [3.8, 4) is 0 Å². The Bertz CT molecular complexity index is 555. The molecule has 118 valence electrons. The van der Waals surface area contributed by atoms with Crippen LogP contribution in [-0.2, 0) is 13.0 Å². The summed E-state index contributed by atoms with van der Waals surface area (Å²) >= 11 is 0. The van der Waals surface area contributed by atoms with Gasteiger partial charge in [-0.15, -0.1) is 0 Å². The van der Waals surface area contributed by atoms with Gasteiger partial charge in [0.25, 0.3) is 0 Å². The number of nitrogens with one attached hydrogen (secondary N) is 2. The first-order chi connectivity index (χ1) is 10.9. The molecular weight excluding hydrogens is 278 g/mol. The largest absolute Gasteiger partial charge is 0.469 e. The molecule has 5 nitrogen and oxygen atoms in total. The fraction of sp³-hybridized carbons (Fsp3) is 0.471. The molecule has 0 radical (unpaired) electrons. The molecule has 0 spiro atoms. The van der Waals surface area contributed by atoms with Crippen LogP contribution in [0.15, 0.2) is 50.6 Å². The van der Waals surface area contributed by atoms with Crippen LogP contribution < -0.4 is 10.6 Å². The van der Waals surface area contributed by atoms with E-state index in [1.54, 1.807) is 12.5 Å². The summed E-state index contributed by atoms with van der Waals surface area (Å²) in [5, 5.41) is 6.91. The Hall–Kier alpha value is -2.17. The van der Waals surface area contributed by atoms with E-state index in [0.29, 0.717) is 12.6 Å². The molecule has 1 fully saturated rings. The highest BCUT2D eigenvalue weighted by molar-refractivity contribution is 5.80. The molecule has 1 saturated carbocycles. The van der Waals surface area contributed by atoms with Crippen molar-refractivity contribution in [2.45, 2.75) is 44.7 Å². The standard InChI is InChI=1S/C17H23N3O2/c1-2-6-14(5-1)20-17(19-13-16-8-4-12-22-16)18-10-9-15-7-3-11-21-15/h3-4,7-8,11-12,14H,1-2,5-6,9-10,13H2,(H2,18,19,20). The lowest BCUT2D eigenvalue weighted by Gasteiger charge is -2.17. The van der Waals surface area contributed by atoms with Crippen molar-refractivity contribution in [1.29, 1.82) is 0 Å². The molecule has 5 heteroatoms. The van der Waals surface area contributed by atoms with E-state index in [2.05, 4.69) is 15.6 Å². The smallest absolute Gasteiger partial charge is 0.191 e. The van der Waals surface area contributed by atoms with Crippen molar-refractivity contribution in [1.82, 2.24) is 10.6 Å². The molecule has 1 aliphatic rings. The lowest BCUT2D eigenvalue weighted by atomic mass is 10.2. The fourth-order valence-electron chi connectivity index (χ4n) is 2.73. The lowest BCUT2D eigenvalue weighted by Crippen LogP contribution is -2.43. The van der Waals surface area contributed by atoms with E-state index in [4.69, 9.17) is 8.83 Å². The molecule has 0 bridgehead atoms. The topological polar surface area (TPSA) is 62.7 Å². The molecular formula is C17H23N3O2. The molecule has 0 amide bonds. The van der Waals surface area contributed by atoms with E-state index in [0.717, 1.165) is 30.4 Å².